The van der Waals surface area contributed by atoms with Crippen molar-refractivity contribution in [2.24, 2.45) is 0 Å². The predicted molar refractivity (Wildman–Crippen MR) is 145 cm³/mol. The highest BCUT2D eigenvalue weighted by atomic mass is 15.1. The van der Waals surface area contributed by atoms with Crippen LogP contribution in [0.5, 0.6) is 0 Å². The number of hydrogen-bond acceptors (Lipinski definition) is 5. The maximum Gasteiger partial charge on any atom is 0.0570 e. The lowest BCUT2D eigenvalue weighted by Crippen LogP contribution is -2.29. The molecular formula is C29H37N5. The molecule has 0 radical (unpaired) electrons. The molecule has 1 aromatic carbocycles. The molecule has 5 nitrogen and oxygen atoms in total. The number of nitrogens with zero attached hydrogens (tertiary/aromatic N) is 3. The van der Waals surface area contributed by atoms with Crippen LogP contribution in [0.25, 0.3) is 16.7 Å². The molecule has 3 N–H and O–H groups in total. The molecule has 1 aliphatic heterocycles. The molecule has 178 valence electrons. The van der Waals surface area contributed by atoms with Crippen molar-refractivity contribution < 1.29 is 0 Å². The fourth-order valence-corrected chi connectivity index (χ4v) is 4.06. The maximum atomic E-state index is 6.31. The minimum atomic E-state index is 0.668. The van der Waals surface area contributed by atoms with Crippen molar-refractivity contribution in [2.45, 2.75) is 46.6 Å². The van der Waals surface area contributed by atoms with E-state index >= 15 is 0 Å². The van der Waals surface area contributed by atoms with Crippen LogP contribution >= 0.6 is 0 Å². The van der Waals surface area contributed by atoms with Crippen LogP contribution in [-0.2, 0) is 6.54 Å². The van der Waals surface area contributed by atoms with Gasteiger partial charge in [0, 0.05) is 47.1 Å². The Hall–Kier alpha value is -3.44. The highest BCUT2D eigenvalue weighted by Crippen LogP contribution is 2.31. The molecule has 0 aliphatic carbocycles. The van der Waals surface area contributed by atoms with Crippen LogP contribution in [0.15, 0.2) is 73.8 Å². The number of rotatable bonds is 7. The van der Waals surface area contributed by atoms with Crippen LogP contribution < -0.4 is 11.1 Å². The van der Waals surface area contributed by atoms with Gasteiger partial charge in [0.2, 0.25) is 0 Å². The third kappa shape index (κ3) is 6.55. The Labute approximate surface area is 204 Å². The van der Waals surface area contributed by atoms with Gasteiger partial charge in [-0.25, -0.2) is 0 Å². The van der Waals surface area contributed by atoms with Crippen LogP contribution in [0.4, 0.5) is 11.4 Å². The van der Waals surface area contributed by atoms with Gasteiger partial charge in [0.05, 0.1) is 11.9 Å². The summed E-state index contributed by atoms with van der Waals surface area (Å²) in [4.78, 5) is 11.3. The number of piperidine rings is 1. The topological polar surface area (TPSA) is 67.1 Å². The number of aryl methyl sites for hydroxylation is 1. The van der Waals surface area contributed by atoms with Gasteiger partial charge in [-0.3, -0.25) is 14.9 Å². The van der Waals surface area contributed by atoms with Crippen molar-refractivity contribution in [2.75, 3.05) is 24.1 Å². The highest BCUT2D eigenvalue weighted by Gasteiger charge is 2.13. The van der Waals surface area contributed by atoms with Crippen LogP contribution in [0, 0.1) is 6.92 Å². The third-order valence-electron chi connectivity index (χ3n) is 5.93. The smallest absolute Gasteiger partial charge is 0.0570 e. The Morgan fingerprint density at radius 2 is 1.74 bits per heavy atom. The summed E-state index contributed by atoms with van der Waals surface area (Å²) < 4.78 is 0. The van der Waals surface area contributed by atoms with Crippen LogP contribution in [0.2, 0.25) is 0 Å². The summed E-state index contributed by atoms with van der Waals surface area (Å²) in [5, 5.41) is 3.28. The van der Waals surface area contributed by atoms with Crippen molar-refractivity contribution in [3.8, 4) is 11.1 Å². The van der Waals surface area contributed by atoms with E-state index in [1.54, 1.807) is 6.20 Å². The van der Waals surface area contributed by atoms with Crippen LogP contribution in [0.1, 0.15) is 49.9 Å². The van der Waals surface area contributed by atoms with Crippen molar-refractivity contribution in [3.05, 3.63) is 90.7 Å². The Balaban J connectivity index is 0.00000158. The number of nitrogen functional groups attached to an aromatic ring is 1. The number of hydrogen-bond donors (Lipinski definition) is 2. The van der Waals surface area contributed by atoms with Crippen molar-refractivity contribution in [1.29, 1.82) is 0 Å². The number of benzene rings is 1. The summed E-state index contributed by atoms with van der Waals surface area (Å²) in [5.74, 6) is 0. The summed E-state index contributed by atoms with van der Waals surface area (Å²) in [6.45, 7) is 17.6. The van der Waals surface area contributed by atoms with E-state index in [1.807, 2.05) is 57.4 Å². The van der Waals surface area contributed by atoms with Crippen molar-refractivity contribution in [1.82, 2.24) is 14.9 Å². The first-order valence-electron chi connectivity index (χ1n) is 12.1. The average Bonchev–Trinajstić information content (AvgIpc) is 2.87. The molecule has 2 aromatic heterocycles. The number of aromatic nitrogens is 2. The second kappa shape index (κ2) is 12.1. The largest absolute Gasteiger partial charge is 0.398 e. The van der Waals surface area contributed by atoms with E-state index < -0.39 is 0 Å². The number of allylic oxidation sites excluding steroid dienone is 1. The summed E-state index contributed by atoms with van der Waals surface area (Å²) in [5.41, 5.74) is 14.5. The zero-order valence-corrected chi connectivity index (χ0v) is 20.8. The molecule has 3 aromatic rings. The minimum absolute atomic E-state index is 0.668. The van der Waals surface area contributed by atoms with Gasteiger partial charge in [-0.2, -0.15) is 0 Å². The number of pyridine rings is 2. The molecule has 1 aliphatic rings. The second-order valence-electron chi connectivity index (χ2n) is 8.49. The van der Waals surface area contributed by atoms with E-state index in [4.69, 9.17) is 5.73 Å². The number of anilines is 2. The Kier molecular flexibility index (Phi) is 9.00. The fourth-order valence-electron chi connectivity index (χ4n) is 4.06. The zero-order chi connectivity index (χ0) is 24.5. The lowest BCUT2D eigenvalue weighted by Gasteiger charge is -2.26. The number of likely N-dealkylation sites (tertiary alicyclic amines) is 1. The highest BCUT2D eigenvalue weighted by molar-refractivity contribution is 5.87. The van der Waals surface area contributed by atoms with Crippen molar-refractivity contribution >= 4 is 16.9 Å². The molecule has 34 heavy (non-hydrogen) atoms. The van der Waals surface area contributed by atoms with Gasteiger partial charge in [-0.1, -0.05) is 39.5 Å². The van der Waals surface area contributed by atoms with Gasteiger partial charge >= 0.3 is 0 Å². The van der Waals surface area contributed by atoms with Gasteiger partial charge in [-0.15, -0.1) is 0 Å². The molecule has 0 bridgehead atoms. The van der Waals surface area contributed by atoms with E-state index in [0.717, 1.165) is 40.2 Å². The summed E-state index contributed by atoms with van der Waals surface area (Å²) in [6, 6.07) is 12.2. The molecule has 0 atom stereocenters. The van der Waals surface area contributed by atoms with Gasteiger partial charge in [0.1, 0.15) is 0 Å². The summed E-state index contributed by atoms with van der Waals surface area (Å²) >= 11 is 0. The molecule has 0 amide bonds. The van der Waals surface area contributed by atoms with Gasteiger partial charge < -0.3 is 11.1 Å². The lowest BCUT2D eigenvalue weighted by atomic mass is 9.97. The van der Waals surface area contributed by atoms with Crippen LogP contribution in [-0.4, -0.2) is 28.0 Å². The molecular weight excluding hydrogens is 418 g/mol. The van der Waals surface area contributed by atoms with E-state index in [9.17, 15) is 0 Å². The SMILES string of the molecule is C=C(Nc1ccc(C)nc1)C(=C)c1cc(-c2cncc(CN3CCCCC3)c2)ccc1N.CC. The molecule has 0 spiro atoms. The average molecular weight is 456 g/mol. The van der Waals surface area contributed by atoms with Gasteiger partial charge in [0.15, 0.2) is 0 Å². The quantitative estimate of drug-likeness (QED) is 0.307. The van der Waals surface area contributed by atoms with Crippen LogP contribution in [0.3, 0.4) is 0 Å². The maximum absolute atomic E-state index is 6.31. The predicted octanol–water partition coefficient (Wildman–Crippen LogP) is 6.69. The van der Waals surface area contributed by atoms with E-state index in [1.165, 1.54) is 37.9 Å². The molecule has 1 saturated heterocycles. The normalized spacial score (nSPS) is 13.5. The Morgan fingerprint density at radius 3 is 2.44 bits per heavy atom. The van der Waals surface area contributed by atoms with E-state index in [2.05, 4.69) is 45.5 Å². The third-order valence-corrected chi connectivity index (χ3v) is 5.93. The molecule has 5 heteroatoms. The summed E-state index contributed by atoms with van der Waals surface area (Å²) in [6.07, 6.45) is 9.57. The van der Waals surface area contributed by atoms with Gasteiger partial charge in [0.25, 0.3) is 0 Å². The fraction of sp³-hybridized carbons (Fsp3) is 0.310. The standard InChI is InChI=1S/C27H31N5.C2H6/c1-19-7-9-25(17-30-19)31-21(3)20(2)26-14-23(8-10-27(26)28)24-13-22(15-29-16-24)18-32-11-5-4-6-12-32;1-2/h7-10,13-17,31H,2-6,11-12,18,28H2,1H3;1-2H3. The molecule has 0 unspecified atom stereocenters. The molecule has 0 saturated carbocycles. The second-order valence-corrected chi connectivity index (χ2v) is 8.49. The Morgan fingerprint density at radius 1 is 0.971 bits per heavy atom. The van der Waals surface area contributed by atoms with Crippen molar-refractivity contribution in [3.63, 3.8) is 0 Å². The number of nitrogens with two attached hydrogens (primary N) is 1. The molecule has 4 rings (SSSR count). The van der Waals surface area contributed by atoms with E-state index in [-0.39, 0.29) is 0 Å². The lowest BCUT2D eigenvalue weighted by molar-refractivity contribution is 0.220. The Bertz CT molecular complexity index is 1110. The molecule has 3 heterocycles. The first kappa shape index (κ1) is 25.2. The van der Waals surface area contributed by atoms with E-state index in [0.29, 0.717) is 11.4 Å². The summed E-state index contributed by atoms with van der Waals surface area (Å²) in [7, 11) is 0. The zero-order valence-electron chi connectivity index (χ0n) is 20.8. The first-order valence-corrected chi connectivity index (χ1v) is 12.1. The first-order chi connectivity index (χ1) is 16.5. The minimum Gasteiger partial charge on any atom is -0.398 e. The molecule has 1 fully saturated rings. The monoisotopic (exact) mass is 455 g/mol. The number of nitrogens with one attached hydrogen (secondary N) is 1. The van der Waals surface area contributed by atoms with Gasteiger partial charge in [-0.05, 0) is 79.9 Å².